The van der Waals surface area contributed by atoms with Gasteiger partial charge in [-0.15, -0.1) is 0 Å². The zero-order valence-corrected chi connectivity index (χ0v) is 13.5. The molecule has 1 fully saturated rings. The normalized spacial score (nSPS) is 18.5. The van der Waals surface area contributed by atoms with E-state index in [9.17, 15) is 9.59 Å². The van der Waals surface area contributed by atoms with Crippen LogP contribution >= 0.6 is 0 Å². The largest absolute Gasteiger partial charge is 0.472 e. The Hall–Kier alpha value is -1.88. The molecule has 5 heteroatoms. The van der Waals surface area contributed by atoms with Gasteiger partial charge in [0.25, 0.3) is 5.91 Å². The average molecular weight is 317 g/mol. The molecule has 0 aromatic heterocycles. The highest BCUT2D eigenvalue weighted by atomic mass is 16.5. The molecule has 1 heterocycles. The highest BCUT2D eigenvalue weighted by molar-refractivity contribution is 6.02. The molecule has 1 aromatic rings. The Kier molecular flexibility index (Phi) is 4.96. The topological polar surface area (TPSA) is 55.8 Å². The molecule has 124 valence electrons. The number of ether oxygens (including phenoxy) is 2. The van der Waals surface area contributed by atoms with Gasteiger partial charge in [-0.1, -0.05) is 25.3 Å². The fourth-order valence-electron chi connectivity index (χ4n) is 3.32. The van der Waals surface area contributed by atoms with Crippen LogP contribution in [-0.2, 0) is 4.74 Å². The van der Waals surface area contributed by atoms with Crippen molar-refractivity contribution in [3.63, 3.8) is 0 Å². The lowest BCUT2D eigenvalue weighted by Gasteiger charge is -2.29. The van der Waals surface area contributed by atoms with Crippen molar-refractivity contribution in [1.82, 2.24) is 4.90 Å². The van der Waals surface area contributed by atoms with E-state index < -0.39 is 0 Å². The summed E-state index contributed by atoms with van der Waals surface area (Å²) in [4.78, 5) is 26.6. The summed E-state index contributed by atoms with van der Waals surface area (Å²) in [5.41, 5.74) is 1.18. The lowest BCUT2D eigenvalue weighted by Crippen LogP contribution is -2.40. The zero-order valence-electron chi connectivity index (χ0n) is 13.5. The Balaban J connectivity index is 1.75. The molecular formula is C18H23NO4. The second-order valence-electron chi connectivity index (χ2n) is 6.24. The monoisotopic (exact) mass is 317 g/mol. The summed E-state index contributed by atoms with van der Waals surface area (Å²) in [7, 11) is 1.60. The Morgan fingerprint density at radius 1 is 1.30 bits per heavy atom. The molecule has 0 atom stereocenters. The van der Waals surface area contributed by atoms with E-state index in [1.54, 1.807) is 30.2 Å². The van der Waals surface area contributed by atoms with Gasteiger partial charge in [0.15, 0.2) is 12.5 Å². The lowest BCUT2D eigenvalue weighted by molar-refractivity contribution is 0.0435. The minimum atomic E-state index is -0.0695. The number of benzene rings is 1. The fourth-order valence-corrected chi connectivity index (χ4v) is 3.32. The van der Waals surface area contributed by atoms with E-state index in [1.165, 1.54) is 6.42 Å². The van der Waals surface area contributed by atoms with Crippen LogP contribution < -0.4 is 4.74 Å². The molecule has 0 N–H and O–H groups in total. The van der Waals surface area contributed by atoms with E-state index in [1.807, 2.05) is 0 Å². The van der Waals surface area contributed by atoms with E-state index in [-0.39, 0.29) is 24.3 Å². The molecule has 0 bridgehead atoms. The van der Waals surface area contributed by atoms with Crippen LogP contribution in [0.4, 0.5) is 0 Å². The van der Waals surface area contributed by atoms with Gasteiger partial charge in [0.1, 0.15) is 5.75 Å². The summed E-state index contributed by atoms with van der Waals surface area (Å²) in [6, 6.07) is 5.21. The number of rotatable bonds is 5. The van der Waals surface area contributed by atoms with Crippen LogP contribution in [0.5, 0.6) is 5.75 Å². The van der Waals surface area contributed by atoms with Crippen molar-refractivity contribution < 1.29 is 19.1 Å². The minimum Gasteiger partial charge on any atom is -0.472 e. The summed E-state index contributed by atoms with van der Waals surface area (Å²) >= 11 is 0. The SMILES string of the molecule is COCCN1COc2cc(C(=O)C3CCCCC3)ccc2C1=O. The number of fused-ring (bicyclic) bond motifs is 1. The van der Waals surface area contributed by atoms with E-state index in [2.05, 4.69) is 0 Å². The number of carbonyl (C=O) groups is 2. The van der Waals surface area contributed by atoms with Crippen molar-refractivity contribution in [1.29, 1.82) is 0 Å². The first-order chi connectivity index (χ1) is 11.2. The van der Waals surface area contributed by atoms with Crippen molar-refractivity contribution in [2.24, 2.45) is 5.92 Å². The van der Waals surface area contributed by atoms with Crippen LogP contribution in [0.3, 0.4) is 0 Å². The number of ketones is 1. The summed E-state index contributed by atoms with van der Waals surface area (Å²) in [5.74, 6) is 0.759. The molecule has 1 aliphatic heterocycles. The van der Waals surface area contributed by atoms with E-state index in [0.29, 0.717) is 30.0 Å². The maximum atomic E-state index is 12.6. The molecule has 1 saturated carbocycles. The van der Waals surface area contributed by atoms with E-state index in [0.717, 1.165) is 25.7 Å². The molecule has 23 heavy (non-hydrogen) atoms. The van der Waals surface area contributed by atoms with Gasteiger partial charge in [-0.05, 0) is 25.0 Å². The number of amides is 1. The molecule has 0 spiro atoms. The van der Waals surface area contributed by atoms with Gasteiger partial charge in [0.2, 0.25) is 0 Å². The first-order valence-electron chi connectivity index (χ1n) is 8.30. The van der Waals surface area contributed by atoms with E-state index >= 15 is 0 Å². The van der Waals surface area contributed by atoms with Crippen molar-refractivity contribution in [3.8, 4) is 5.75 Å². The third kappa shape index (κ3) is 3.39. The van der Waals surface area contributed by atoms with Gasteiger partial charge in [0, 0.05) is 25.1 Å². The van der Waals surface area contributed by atoms with Gasteiger partial charge in [-0.3, -0.25) is 9.59 Å². The summed E-state index contributed by atoms with van der Waals surface area (Å²) in [5, 5.41) is 0. The van der Waals surface area contributed by atoms with E-state index in [4.69, 9.17) is 9.47 Å². The van der Waals surface area contributed by atoms with Crippen molar-refractivity contribution in [2.75, 3.05) is 27.0 Å². The number of Topliss-reactive ketones (excluding diaryl/α,β-unsaturated/α-hetero) is 1. The van der Waals surface area contributed by atoms with Crippen molar-refractivity contribution in [3.05, 3.63) is 29.3 Å². The number of hydrogen-bond donors (Lipinski definition) is 0. The number of hydrogen-bond acceptors (Lipinski definition) is 4. The molecule has 1 aliphatic carbocycles. The van der Waals surface area contributed by atoms with Crippen LogP contribution in [0.1, 0.15) is 52.8 Å². The quantitative estimate of drug-likeness (QED) is 0.784. The van der Waals surface area contributed by atoms with Gasteiger partial charge >= 0.3 is 0 Å². The molecule has 0 saturated heterocycles. The summed E-state index contributed by atoms with van der Waals surface area (Å²) < 4.78 is 10.7. The van der Waals surface area contributed by atoms with Crippen LogP contribution in [0.25, 0.3) is 0 Å². The number of carbonyl (C=O) groups excluding carboxylic acids is 2. The Bertz CT molecular complexity index is 593. The molecule has 1 aromatic carbocycles. The van der Waals surface area contributed by atoms with Crippen molar-refractivity contribution >= 4 is 11.7 Å². The predicted molar refractivity (Wildman–Crippen MR) is 85.8 cm³/mol. The molecule has 2 aliphatic rings. The Morgan fingerprint density at radius 2 is 2.09 bits per heavy atom. The zero-order chi connectivity index (χ0) is 16.2. The minimum absolute atomic E-state index is 0.0695. The fraction of sp³-hybridized carbons (Fsp3) is 0.556. The number of methoxy groups -OCH3 is 1. The molecule has 0 radical (unpaired) electrons. The first-order valence-corrected chi connectivity index (χ1v) is 8.30. The Morgan fingerprint density at radius 3 is 2.83 bits per heavy atom. The predicted octanol–water partition coefficient (Wildman–Crippen LogP) is 2.89. The highest BCUT2D eigenvalue weighted by Crippen LogP contribution is 2.30. The summed E-state index contributed by atoms with van der Waals surface area (Å²) in [6.07, 6.45) is 5.43. The third-order valence-corrected chi connectivity index (χ3v) is 4.70. The second-order valence-corrected chi connectivity index (χ2v) is 6.24. The van der Waals surface area contributed by atoms with Crippen LogP contribution in [0, 0.1) is 5.92 Å². The third-order valence-electron chi connectivity index (χ3n) is 4.70. The number of nitrogens with zero attached hydrogens (tertiary/aromatic N) is 1. The van der Waals surface area contributed by atoms with Crippen LogP contribution in [-0.4, -0.2) is 43.6 Å². The van der Waals surface area contributed by atoms with Crippen molar-refractivity contribution in [2.45, 2.75) is 32.1 Å². The second kappa shape index (κ2) is 7.13. The maximum absolute atomic E-state index is 12.6. The highest BCUT2D eigenvalue weighted by Gasteiger charge is 2.28. The molecule has 3 rings (SSSR count). The van der Waals surface area contributed by atoms with Gasteiger partial charge < -0.3 is 14.4 Å². The Labute approximate surface area is 136 Å². The van der Waals surface area contributed by atoms with Gasteiger partial charge in [-0.25, -0.2) is 0 Å². The lowest BCUT2D eigenvalue weighted by atomic mass is 9.83. The van der Waals surface area contributed by atoms with Crippen LogP contribution in [0.2, 0.25) is 0 Å². The van der Waals surface area contributed by atoms with Crippen LogP contribution in [0.15, 0.2) is 18.2 Å². The first kappa shape index (κ1) is 16.0. The van der Waals surface area contributed by atoms with Gasteiger partial charge in [0.05, 0.1) is 12.2 Å². The average Bonchev–Trinajstić information content (AvgIpc) is 2.61. The standard InChI is InChI=1S/C18H23NO4/c1-22-10-9-19-12-23-16-11-14(7-8-15(16)18(19)21)17(20)13-5-3-2-4-6-13/h7-8,11,13H,2-6,9-10,12H2,1H3. The smallest absolute Gasteiger partial charge is 0.260 e. The maximum Gasteiger partial charge on any atom is 0.260 e. The van der Waals surface area contributed by atoms with Gasteiger partial charge in [-0.2, -0.15) is 0 Å². The summed E-state index contributed by atoms with van der Waals surface area (Å²) in [6.45, 7) is 1.18. The molecule has 5 nitrogen and oxygen atoms in total. The molecule has 0 unspecified atom stereocenters. The molecular weight excluding hydrogens is 294 g/mol. The molecule has 1 amide bonds.